The van der Waals surface area contributed by atoms with Crippen LogP contribution in [0.2, 0.25) is 0 Å². The van der Waals surface area contributed by atoms with Crippen LogP contribution in [0.4, 0.5) is 31.1 Å². The molecule has 2 aliphatic rings. The van der Waals surface area contributed by atoms with Crippen LogP contribution in [0, 0.1) is 0 Å². The smallest absolute Gasteiger partial charge is 0.430 e. The van der Waals surface area contributed by atoms with Gasteiger partial charge in [-0.2, -0.15) is 26.3 Å². The molecule has 5 nitrogen and oxygen atoms in total. The number of amides is 1. The number of fused-ring (bicyclic) bond motifs is 2. The maximum atomic E-state index is 13.1. The number of likely N-dealkylation sites (tertiary alicyclic amines) is 1. The maximum Gasteiger partial charge on any atom is 0.430 e. The lowest BCUT2D eigenvalue weighted by molar-refractivity contribution is -0.376. The third-order valence-electron chi connectivity index (χ3n) is 7.06. The Bertz CT molecular complexity index is 1110. The van der Waals surface area contributed by atoms with Crippen molar-refractivity contribution < 1.29 is 41.0 Å². The fourth-order valence-corrected chi connectivity index (χ4v) is 5.13. The van der Waals surface area contributed by atoms with E-state index in [0.29, 0.717) is 42.9 Å². The molecule has 2 aliphatic heterocycles. The number of nitrogens with zero attached hydrogens (tertiary/aromatic N) is 2. The van der Waals surface area contributed by atoms with Crippen molar-refractivity contribution in [1.82, 2.24) is 9.80 Å². The molecule has 0 spiro atoms. The first-order valence-corrected chi connectivity index (χ1v) is 12.3. The summed E-state index contributed by atoms with van der Waals surface area (Å²) >= 11 is 0. The molecule has 0 aliphatic carbocycles. The zero-order valence-electron chi connectivity index (χ0n) is 21.2. The molecular weight excluding hydrogens is 514 g/mol. The molecule has 38 heavy (non-hydrogen) atoms. The van der Waals surface area contributed by atoms with Crippen molar-refractivity contribution in [2.24, 2.45) is 0 Å². The summed E-state index contributed by atoms with van der Waals surface area (Å²) in [6, 6.07) is 11.2. The minimum Gasteiger partial charge on any atom is -0.444 e. The van der Waals surface area contributed by atoms with Crippen LogP contribution in [0.3, 0.4) is 0 Å². The highest BCUT2D eigenvalue weighted by Gasteiger charge is 2.71. The summed E-state index contributed by atoms with van der Waals surface area (Å²) in [4.78, 5) is 16.6. The molecule has 1 N–H and O–H groups in total. The standard InChI is InChI=1S/C27H30F6N2O3/c1-24(2,3)38-23(36)34-15-21-12-13-22(16-34)35(21)14-17-4-6-18(7-5-17)19-8-10-20(11-9-19)25(37,26(28,29)30)27(31,32)33/h4-11,21-22,37H,12-16H2,1-3H3. The molecule has 208 valence electrons. The van der Waals surface area contributed by atoms with Crippen LogP contribution in [0.25, 0.3) is 11.1 Å². The number of hydrogen-bond acceptors (Lipinski definition) is 4. The number of ether oxygens (including phenoxy) is 1. The molecule has 2 atom stereocenters. The van der Waals surface area contributed by atoms with Gasteiger partial charge >= 0.3 is 18.4 Å². The molecule has 2 unspecified atom stereocenters. The Labute approximate surface area is 217 Å². The van der Waals surface area contributed by atoms with Gasteiger partial charge in [-0.05, 0) is 50.3 Å². The fourth-order valence-electron chi connectivity index (χ4n) is 5.13. The maximum absolute atomic E-state index is 13.1. The number of halogens is 6. The lowest BCUT2D eigenvalue weighted by atomic mass is 9.90. The predicted molar refractivity (Wildman–Crippen MR) is 128 cm³/mol. The van der Waals surface area contributed by atoms with E-state index in [4.69, 9.17) is 4.74 Å². The highest BCUT2D eigenvalue weighted by Crippen LogP contribution is 2.50. The van der Waals surface area contributed by atoms with E-state index in [2.05, 4.69) is 4.90 Å². The monoisotopic (exact) mass is 544 g/mol. The number of piperazine rings is 1. The number of alkyl halides is 6. The van der Waals surface area contributed by atoms with Gasteiger partial charge in [-0.3, -0.25) is 4.90 Å². The van der Waals surface area contributed by atoms with Gasteiger partial charge in [-0.15, -0.1) is 0 Å². The predicted octanol–water partition coefficient (Wildman–Crippen LogP) is 6.25. The van der Waals surface area contributed by atoms with Gasteiger partial charge in [0, 0.05) is 37.3 Å². The second-order valence-electron chi connectivity index (χ2n) is 10.9. The van der Waals surface area contributed by atoms with E-state index >= 15 is 0 Å². The van der Waals surface area contributed by atoms with Gasteiger partial charge in [0.25, 0.3) is 5.60 Å². The van der Waals surface area contributed by atoms with Crippen LogP contribution in [-0.2, 0) is 16.9 Å². The molecular formula is C27H30F6N2O3. The van der Waals surface area contributed by atoms with Crippen molar-refractivity contribution in [1.29, 1.82) is 0 Å². The third-order valence-corrected chi connectivity index (χ3v) is 7.06. The Hall–Kier alpha value is -2.79. The third kappa shape index (κ3) is 5.49. The molecule has 11 heteroatoms. The topological polar surface area (TPSA) is 53.0 Å². The first-order valence-electron chi connectivity index (χ1n) is 12.3. The Balaban J connectivity index is 1.43. The number of aliphatic hydroxyl groups is 1. The minimum absolute atomic E-state index is 0.203. The summed E-state index contributed by atoms with van der Waals surface area (Å²) in [6.07, 6.45) is -10.2. The molecule has 4 rings (SSSR count). The van der Waals surface area contributed by atoms with Crippen LogP contribution < -0.4 is 0 Å². The molecule has 0 radical (unpaired) electrons. The summed E-state index contributed by atoms with van der Waals surface area (Å²) < 4.78 is 84.3. The zero-order valence-corrected chi connectivity index (χ0v) is 21.2. The van der Waals surface area contributed by atoms with Crippen molar-refractivity contribution in [2.75, 3.05) is 13.1 Å². The largest absolute Gasteiger partial charge is 0.444 e. The van der Waals surface area contributed by atoms with Gasteiger partial charge in [-0.1, -0.05) is 48.5 Å². The summed E-state index contributed by atoms with van der Waals surface area (Å²) in [5, 5.41) is 9.57. The first-order chi connectivity index (χ1) is 17.5. The molecule has 0 aromatic heterocycles. The van der Waals surface area contributed by atoms with Crippen LogP contribution in [-0.4, -0.2) is 64.1 Å². The molecule has 2 fully saturated rings. The van der Waals surface area contributed by atoms with Crippen LogP contribution in [0.15, 0.2) is 48.5 Å². The van der Waals surface area contributed by atoms with Gasteiger partial charge in [0.2, 0.25) is 0 Å². The average Bonchev–Trinajstić information content (AvgIpc) is 3.03. The molecule has 2 aromatic rings. The van der Waals surface area contributed by atoms with E-state index in [1.807, 2.05) is 32.9 Å². The number of benzene rings is 2. The summed E-state index contributed by atoms with van der Waals surface area (Å²) in [5.41, 5.74) is -4.78. The lowest BCUT2D eigenvalue weighted by Crippen LogP contribution is -2.55. The van der Waals surface area contributed by atoms with Gasteiger partial charge in [-0.25, -0.2) is 4.79 Å². The highest BCUT2D eigenvalue weighted by atomic mass is 19.4. The number of rotatable bonds is 4. The molecule has 2 saturated heterocycles. The molecule has 2 aromatic carbocycles. The van der Waals surface area contributed by atoms with Gasteiger partial charge in [0.05, 0.1) is 0 Å². The van der Waals surface area contributed by atoms with E-state index in [1.165, 1.54) is 0 Å². The quantitative estimate of drug-likeness (QED) is 0.463. The second kappa shape index (κ2) is 9.75. The van der Waals surface area contributed by atoms with Crippen molar-refractivity contribution in [3.05, 3.63) is 59.7 Å². The average molecular weight is 545 g/mol. The van der Waals surface area contributed by atoms with Crippen molar-refractivity contribution in [3.63, 3.8) is 0 Å². The Kier molecular flexibility index (Phi) is 7.24. The Morgan fingerprint density at radius 2 is 1.29 bits per heavy atom. The number of carbonyl (C=O) groups excluding carboxylic acids is 1. The second-order valence-corrected chi connectivity index (χ2v) is 10.9. The van der Waals surface area contributed by atoms with Crippen molar-refractivity contribution in [2.45, 2.75) is 75.8 Å². The van der Waals surface area contributed by atoms with Crippen LogP contribution in [0.5, 0.6) is 0 Å². The van der Waals surface area contributed by atoms with E-state index in [0.717, 1.165) is 30.5 Å². The molecule has 2 heterocycles. The van der Waals surface area contributed by atoms with Crippen LogP contribution >= 0.6 is 0 Å². The van der Waals surface area contributed by atoms with Crippen molar-refractivity contribution in [3.8, 4) is 11.1 Å². The molecule has 0 saturated carbocycles. The Morgan fingerprint density at radius 3 is 1.71 bits per heavy atom. The molecule has 2 bridgehead atoms. The summed E-state index contributed by atoms with van der Waals surface area (Å²) in [5.74, 6) is 0. The summed E-state index contributed by atoms with van der Waals surface area (Å²) in [6.45, 7) is 7.31. The Morgan fingerprint density at radius 1 is 0.842 bits per heavy atom. The molecule has 1 amide bonds. The van der Waals surface area contributed by atoms with Gasteiger partial charge < -0.3 is 14.7 Å². The fraction of sp³-hybridized carbons (Fsp3) is 0.519. The van der Waals surface area contributed by atoms with E-state index in [-0.39, 0.29) is 18.2 Å². The lowest BCUT2D eigenvalue weighted by Gasteiger charge is -2.41. The normalized spacial score (nSPS) is 21.1. The van der Waals surface area contributed by atoms with Gasteiger partial charge in [0.1, 0.15) is 5.60 Å². The minimum atomic E-state index is -5.92. The highest BCUT2D eigenvalue weighted by molar-refractivity contribution is 5.68. The summed E-state index contributed by atoms with van der Waals surface area (Å²) in [7, 11) is 0. The van der Waals surface area contributed by atoms with Crippen LogP contribution in [0.1, 0.15) is 44.7 Å². The van der Waals surface area contributed by atoms with Gasteiger partial charge in [0.15, 0.2) is 0 Å². The van der Waals surface area contributed by atoms with E-state index in [1.54, 1.807) is 17.0 Å². The SMILES string of the molecule is CC(C)(C)OC(=O)N1CC2CCC(C1)N2Cc1ccc(-c2ccc(C(O)(C(F)(F)F)C(F)(F)F)cc2)cc1. The van der Waals surface area contributed by atoms with Crippen molar-refractivity contribution >= 4 is 6.09 Å². The zero-order chi connectivity index (χ0) is 28.1. The van der Waals surface area contributed by atoms with E-state index in [9.17, 15) is 36.2 Å². The van der Waals surface area contributed by atoms with E-state index < -0.39 is 29.1 Å². The number of carbonyl (C=O) groups is 1. The first kappa shape index (κ1) is 28.2. The number of hydrogen-bond donors (Lipinski definition) is 1.